The van der Waals surface area contributed by atoms with E-state index in [4.69, 9.17) is 0 Å². The van der Waals surface area contributed by atoms with Gasteiger partial charge in [0.1, 0.15) is 5.54 Å². The van der Waals surface area contributed by atoms with Crippen LogP contribution in [0.3, 0.4) is 0 Å². The first-order valence-electron chi connectivity index (χ1n) is 10.1. The molecule has 1 aromatic carbocycles. The van der Waals surface area contributed by atoms with E-state index < -0.39 is 11.6 Å². The first-order chi connectivity index (χ1) is 13.8. The molecular formula is C21H26N4O4. The Bertz CT molecular complexity index is 838. The van der Waals surface area contributed by atoms with Crippen LogP contribution in [0.2, 0.25) is 0 Å². The Hall–Kier alpha value is -2.74. The zero-order valence-corrected chi connectivity index (χ0v) is 16.8. The number of carbonyl (C=O) groups is 4. The van der Waals surface area contributed by atoms with Crippen LogP contribution in [0, 0.1) is 5.92 Å². The molecular weight excluding hydrogens is 372 g/mol. The van der Waals surface area contributed by atoms with Crippen molar-refractivity contribution in [2.45, 2.75) is 32.2 Å². The van der Waals surface area contributed by atoms with Gasteiger partial charge in [-0.15, -0.1) is 0 Å². The minimum Gasteiger partial charge on any atom is -0.323 e. The maximum absolute atomic E-state index is 13.0. The number of amides is 5. The van der Waals surface area contributed by atoms with E-state index in [1.807, 2.05) is 0 Å². The monoisotopic (exact) mass is 398 g/mol. The molecule has 0 saturated carbocycles. The number of nitrogens with one attached hydrogen (secondary N) is 1. The van der Waals surface area contributed by atoms with Crippen molar-refractivity contribution in [3.8, 4) is 0 Å². The SMILES string of the molecule is CC(C)CN1CCC2(CC1)NC(=O)N(CCN1C(=O)c3ccccc3C1=O)C2=O. The van der Waals surface area contributed by atoms with Gasteiger partial charge in [-0.25, -0.2) is 4.79 Å². The highest BCUT2D eigenvalue weighted by Gasteiger charge is 2.52. The van der Waals surface area contributed by atoms with Gasteiger partial charge in [0.15, 0.2) is 0 Å². The topological polar surface area (TPSA) is 90.0 Å². The first kappa shape index (κ1) is 19.6. The number of piperidine rings is 1. The summed E-state index contributed by atoms with van der Waals surface area (Å²) in [7, 11) is 0. The summed E-state index contributed by atoms with van der Waals surface area (Å²) in [6, 6.07) is 6.21. The fraction of sp³-hybridized carbons (Fsp3) is 0.524. The lowest BCUT2D eigenvalue weighted by atomic mass is 9.87. The van der Waals surface area contributed by atoms with E-state index in [2.05, 4.69) is 24.1 Å². The summed E-state index contributed by atoms with van der Waals surface area (Å²) in [5.41, 5.74) is -0.126. The lowest BCUT2D eigenvalue weighted by molar-refractivity contribution is -0.133. The van der Waals surface area contributed by atoms with Crippen LogP contribution in [0.15, 0.2) is 24.3 Å². The van der Waals surface area contributed by atoms with Gasteiger partial charge in [-0.2, -0.15) is 0 Å². The molecule has 0 aromatic heterocycles. The molecule has 3 heterocycles. The standard InChI is InChI=1S/C21H26N4O4/c1-14(2)13-23-9-7-21(8-10-23)19(28)25(20(29)22-21)12-11-24-17(26)15-5-3-4-6-16(15)18(24)27/h3-6,14H,7-13H2,1-2H3,(H,22,29). The largest absolute Gasteiger partial charge is 0.325 e. The summed E-state index contributed by atoms with van der Waals surface area (Å²) in [5, 5.41) is 2.88. The number of imide groups is 2. The minimum absolute atomic E-state index is 0.00105. The number of nitrogens with zero attached hydrogens (tertiary/aromatic N) is 3. The van der Waals surface area contributed by atoms with Crippen LogP contribution < -0.4 is 5.32 Å². The number of rotatable bonds is 5. The Balaban J connectivity index is 1.40. The molecule has 8 heteroatoms. The third kappa shape index (κ3) is 3.31. The van der Waals surface area contributed by atoms with E-state index in [0.717, 1.165) is 29.4 Å². The smallest absolute Gasteiger partial charge is 0.323 e. The highest BCUT2D eigenvalue weighted by molar-refractivity contribution is 6.21. The molecule has 0 atom stereocenters. The number of likely N-dealkylation sites (tertiary alicyclic amines) is 1. The molecule has 0 aliphatic carbocycles. The lowest BCUT2D eigenvalue weighted by Crippen LogP contribution is -2.55. The van der Waals surface area contributed by atoms with E-state index in [1.165, 1.54) is 0 Å². The Morgan fingerprint density at radius 2 is 1.48 bits per heavy atom. The third-order valence-corrected chi connectivity index (χ3v) is 6.00. The van der Waals surface area contributed by atoms with Gasteiger partial charge in [0, 0.05) is 32.7 Å². The quantitative estimate of drug-likeness (QED) is 0.597. The molecule has 8 nitrogen and oxygen atoms in total. The fourth-order valence-electron chi connectivity index (χ4n) is 4.49. The van der Waals surface area contributed by atoms with Gasteiger partial charge in [-0.3, -0.25) is 24.2 Å². The van der Waals surface area contributed by atoms with E-state index in [9.17, 15) is 19.2 Å². The Morgan fingerprint density at radius 1 is 0.931 bits per heavy atom. The molecule has 0 unspecified atom stereocenters. The van der Waals surface area contributed by atoms with Crippen LogP contribution in [-0.2, 0) is 4.79 Å². The van der Waals surface area contributed by atoms with Crippen molar-refractivity contribution >= 4 is 23.8 Å². The summed E-state index contributed by atoms with van der Waals surface area (Å²) < 4.78 is 0. The van der Waals surface area contributed by atoms with Gasteiger partial charge in [0.25, 0.3) is 17.7 Å². The van der Waals surface area contributed by atoms with E-state index in [0.29, 0.717) is 29.9 Å². The van der Waals surface area contributed by atoms with Crippen LogP contribution in [-0.4, -0.2) is 76.7 Å². The van der Waals surface area contributed by atoms with Gasteiger partial charge < -0.3 is 10.2 Å². The number of hydrogen-bond donors (Lipinski definition) is 1. The maximum Gasteiger partial charge on any atom is 0.325 e. The zero-order valence-electron chi connectivity index (χ0n) is 16.8. The second-order valence-corrected chi connectivity index (χ2v) is 8.47. The van der Waals surface area contributed by atoms with Gasteiger partial charge >= 0.3 is 6.03 Å². The number of hydrogen-bond acceptors (Lipinski definition) is 5. The molecule has 1 spiro atoms. The van der Waals surface area contributed by atoms with Crippen LogP contribution >= 0.6 is 0 Å². The maximum atomic E-state index is 13.0. The summed E-state index contributed by atoms with van der Waals surface area (Å²) in [4.78, 5) is 55.1. The molecule has 5 amide bonds. The van der Waals surface area contributed by atoms with E-state index >= 15 is 0 Å². The number of benzene rings is 1. The van der Waals surface area contributed by atoms with Crippen molar-refractivity contribution in [1.82, 2.24) is 20.0 Å². The van der Waals surface area contributed by atoms with Crippen molar-refractivity contribution in [2.24, 2.45) is 5.92 Å². The molecule has 1 aromatic rings. The highest BCUT2D eigenvalue weighted by atomic mass is 16.2. The first-order valence-corrected chi connectivity index (χ1v) is 10.1. The molecule has 4 rings (SSSR count). The van der Waals surface area contributed by atoms with Crippen molar-refractivity contribution in [3.63, 3.8) is 0 Å². The number of fused-ring (bicyclic) bond motifs is 1. The molecule has 0 bridgehead atoms. The van der Waals surface area contributed by atoms with Gasteiger partial charge in [-0.05, 0) is 30.9 Å². The van der Waals surface area contributed by atoms with Crippen molar-refractivity contribution in [1.29, 1.82) is 0 Å². The summed E-state index contributed by atoms with van der Waals surface area (Å²) in [6.07, 6.45) is 1.15. The van der Waals surface area contributed by atoms with Crippen LogP contribution in [0.1, 0.15) is 47.4 Å². The summed E-state index contributed by atoms with van der Waals surface area (Å²) in [6.45, 7) is 6.82. The van der Waals surface area contributed by atoms with Crippen molar-refractivity contribution in [2.75, 3.05) is 32.7 Å². The molecule has 2 saturated heterocycles. The van der Waals surface area contributed by atoms with E-state index in [1.54, 1.807) is 24.3 Å². The molecule has 29 heavy (non-hydrogen) atoms. The fourth-order valence-corrected chi connectivity index (χ4v) is 4.49. The van der Waals surface area contributed by atoms with Crippen LogP contribution in [0.4, 0.5) is 4.79 Å². The van der Waals surface area contributed by atoms with Gasteiger partial charge in [0.2, 0.25) is 0 Å². The molecule has 1 N–H and O–H groups in total. The Labute approximate surface area is 169 Å². The molecule has 0 radical (unpaired) electrons. The van der Waals surface area contributed by atoms with Gasteiger partial charge in [-0.1, -0.05) is 26.0 Å². The third-order valence-electron chi connectivity index (χ3n) is 6.00. The zero-order chi connectivity index (χ0) is 20.8. The predicted octanol–water partition coefficient (Wildman–Crippen LogP) is 1.32. The second kappa shape index (κ2) is 7.26. The summed E-state index contributed by atoms with van der Waals surface area (Å²) >= 11 is 0. The molecule has 3 aliphatic rings. The highest BCUT2D eigenvalue weighted by Crippen LogP contribution is 2.30. The lowest BCUT2D eigenvalue weighted by Gasteiger charge is -2.38. The Morgan fingerprint density at radius 3 is 2.03 bits per heavy atom. The average Bonchev–Trinajstić information content (AvgIpc) is 3.07. The van der Waals surface area contributed by atoms with Crippen LogP contribution in [0.5, 0.6) is 0 Å². The Kier molecular flexibility index (Phi) is 4.90. The number of carbonyl (C=O) groups excluding carboxylic acids is 4. The molecule has 154 valence electrons. The minimum atomic E-state index is -0.855. The summed E-state index contributed by atoms with van der Waals surface area (Å²) in [5.74, 6) is -0.457. The number of urea groups is 1. The van der Waals surface area contributed by atoms with E-state index in [-0.39, 0.29) is 30.8 Å². The normalized spacial score (nSPS) is 21.5. The predicted molar refractivity (Wildman–Crippen MR) is 105 cm³/mol. The van der Waals surface area contributed by atoms with Gasteiger partial charge in [0.05, 0.1) is 11.1 Å². The van der Waals surface area contributed by atoms with Crippen LogP contribution in [0.25, 0.3) is 0 Å². The molecule has 2 fully saturated rings. The van der Waals surface area contributed by atoms with Crippen molar-refractivity contribution in [3.05, 3.63) is 35.4 Å². The van der Waals surface area contributed by atoms with Crippen molar-refractivity contribution < 1.29 is 19.2 Å². The molecule has 3 aliphatic heterocycles. The average molecular weight is 398 g/mol. The second-order valence-electron chi connectivity index (χ2n) is 8.47.